The van der Waals surface area contributed by atoms with Crippen molar-refractivity contribution in [3.63, 3.8) is 0 Å². The van der Waals surface area contributed by atoms with Crippen molar-refractivity contribution in [2.45, 2.75) is 17.5 Å². The quantitative estimate of drug-likeness (QED) is 0.385. The van der Waals surface area contributed by atoms with Crippen molar-refractivity contribution in [2.24, 2.45) is 5.73 Å². The minimum absolute atomic E-state index is 0.152. The Morgan fingerprint density at radius 1 is 1.23 bits per heavy atom. The van der Waals surface area contributed by atoms with Crippen molar-refractivity contribution >= 4 is 34.8 Å². The number of benzene rings is 1. The van der Waals surface area contributed by atoms with Crippen molar-refractivity contribution in [1.82, 2.24) is 20.2 Å². The molecule has 0 aliphatic carbocycles. The minimum atomic E-state index is -4.71. The molecule has 186 valence electrons. The molecular formula is C22H23F3N6O3S. The van der Waals surface area contributed by atoms with Crippen LogP contribution in [-0.4, -0.2) is 66.1 Å². The molecule has 35 heavy (non-hydrogen) atoms. The van der Waals surface area contributed by atoms with Gasteiger partial charge in [0.1, 0.15) is 11.3 Å². The van der Waals surface area contributed by atoms with Crippen LogP contribution in [0.1, 0.15) is 28.3 Å². The number of aromatic nitrogens is 2. The molecule has 0 spiro atoms. The van der Waals surface area contributed by atoms with Gasteiger partial charge in [0.2, 0.25) is 0 Å². The summed E-state index contributed by atoms with van der Waals surface area (Å²) in [5.74, 6) is -1.75. The summed E-state index contributed by atoms with van der Waals surface area (Å²) in [5.41, 5.74) is 4.88. The molecule has 0 saturated carbocycles. The van der Waals surface area contributed by atoms with Gasteiger partial charge in [0.15, 0.2) is 5.82 Å². The second-order valence-corrected chi connectivity index (χ2v) is 8.83. The van der Waals surface area contributed by atoms with Crippen molar-refractivity contribution in [2.75, 3.05) is 44.7 Å². The van der Waals surface area contributed by atoms with E-state index in [2.05, 4.69) is 25.5 Å². The predicted molar refractivity (Wildman–Crippen MR) is 123 cm³/mol. The average molecular weight is 509 g/mol. The van der Waals surface area contributed by atoms with E-state index >= 15 is 0 Å². The van der Waals surface area contributed by atoms with Crippen molar-refractivity contribution in [3.8, 4) is 0 Å². The van der Waals surface area contributed by atoms with Gasteiger partial charge in [-0.1, -0.05) is 17.8 Å². The number of primary amides is 1. The van der Waals surface area contributed by atoms with Gasteiger partial charge < -0.3 is 21.1 Å². The van der Waals surface area contributed by atoms with Gasteiger partial charge in [0.25, 0.3) is 11.8 Å². The van der Waals surface area contributed by atoms with Gasteiger partial charge >= 0.3 is 6.18 Å². The van der Waals surface area contributed by atoms with E-state index in [1.54, 1.807) is 18.2 Å². The minimum Gasteiger partial charge on any atom is -0.379 e. The molecule has 2 aromatic rings. The lowest BCUT2D eigenvalue weighted by atomic mass is 10.1. The molecule has 1 aromatic heterocycles. The topological polar surface area (TPSA) is 122 Å². The highest BCUT2D eigenvalue weighted by atomic mass is 32.2. The summed E-state index contributed by atoms with van der Waals surface area (Å²) in [6.07, 6.45) is -3.02. The van der Waals surface area contributed by atoms with Gasteiger partial charge in [0.05, 0.1) is 29.5 Å². The summed E-state index contributed by atoms with van der Waals surface area (Å²) in [6.45, 7) is 4.48. The maximum absolute atomic E-state index is 13.1. The number of carbonyl (C=O) groups is 2. The number of amides is 2. The summed E-state index contributed by atoms with van der Waals surface area (Å²) in [5, 5.41) is 6.01. The number of anilines is 1. The van der Waals surface area contributed by atoms with E-state index in [-0.39, 0.29) is 16.5 Å². The fourth-order valence-electron chi connectivity index (χ4n) is 3.67. The fourth-order valence-corrected chi connectivity index (χ4v) is 4.83. The molecule has 0 unspecified atom stereocenters. The standard InChI is InChI=1S/C22H23F3N6O3S/c23-22(24,25)15-5-7-27-19(30-15)16(18(26)32)21-29-14-4-1-3-13(17(14)35-21)20(33)28-6-2-8-31-9-11-34-12-10-31/h1,3-5,7,29H,2,6,8-12H2,(H2,26,32)(H,28,33)/b21-16-. The molecule has 3 heterocycles. The molecule has 2 aliphatic heterocycles. The highest BCUT2D eigenvalue weighted by Crippen LogP contribution is 2.45. The summed E-state index contributed by atoms with van der Waals surface area (Å²) >= 11 is 1.02. The number of morpholine rings is 1. The highest BCUT2D eigenvalue weighted by molar-refractivity contribution is 8.04. The number of fused-ring (bicyclic) bond motifs is 1. The van der Waals surface area contributed by atoms with Crippen LogP contribution >= 0.6 is 11.8 Å². The first-order valence-corrected chi connectivity index (χ1v) is 11.7. The molecule has 0 radical (unpaired) electrons. The van der Waals surface area contributed by atoms with E-state index in [0.29, 0.717) is 42.0 Å². The van der Waals surface area contributed by atoms with Gasteiger partial charge in [-0.05, 0) is 31.2 Å². The Hall–Kier alpha value is -3.16. The normalized spacial score (nSPS) is 17.5. The Balaban J connectivity index is 1.50. The summed E-state index contributed by atoms with van der Waals surface area (Å²) < 4.78 is 44.6. The third kappa shape index (κ3) is 5.92. The summed E-state index contributed by atoms with van der Waals surface area (Å²) in [7, 11) is 0. The number of hydrogen-bond acceptors (Lipinski definition) is 8. The van der Waals surface area contributed by atoms with Crippen LogP contribution in [0.15, 0.2) is 40.4 Å². The number of thioether (sulfide) groups is 1. The smallest absolute Gasteiger partial charge is 0.379 e. The van der Waals surface area contributed by atoms with Crippen LogP contribution in [-0.2, 0) is 15.7 Å². The molecule has 0 bridgehead atoms. The Kier molecular flexibility index (Phi) is 7.57. The van der Waals surface area contributed by atoms with E-state index in [1.165, 1.54) is 0 Å². The Labute approximate surface area is 203 Å². The molecule has 0 atom stereocenters. The third-order valence-electron chi connectivity index (χ3n) is 5.40. The molecule has 4 N–H and O–H groups in total. The molecule has 2 aliphatic rings. The van der Waals surface area contributed by atoms with Crippen molar-refractivity contribution in [1.29, 1.82) is 0 Å². The van der Waals surface area contributed by atoms with E-state index < -0.39 is 23.6 Å². The lowest BCUT2D eigenvalue weighted by molar-refractivity contribution is -0.141. The highest BCUT2D eigenvalue weighted by Gasteiger charge is 2.34. The number of nitrogens with two attached hydrogens (primary N) is 1. The van der Waals surface area contributed by atoms with E-state index in [1.807, 2.05) is 0 Å². The fraction of sp³-hybridized carbons (Fsp3) is 0.364. The molecular weight excluding hydrogens is 485 g/mol. The summed E-state index contributed by atoms with van der Waals surface area (Å²) in [4.78, 5) is 35.1. The van der Waals surface area contributed by atoms with Crippen LogP contribution in [0.5, 0.6) is 0 Å². The molecule has 1 fully saturated rings. The van der Waals surface area contributed by atoms with Crippen LogP contribution in [0.4, 0.5) is 18.9 Å². The zero-order valence-electron chi connectivity index (χ0n) is 18.5. The molecule has 4 rings (SSSR count). The zero-order valence-corrected chi connectivity index (χ0v) is 19.3. The lowest BCUT2D eigenvalue weighted by Gasteiger charge is -2.26. The summed E-state index contributed by atoms with van der Waals surface area (Å²) in [6, 6.07) is 5.70. The van der Waals surface area contributed by atoms with Gasteiger partial charge in [0, 0.05) is 30.7 Å². The van der Waals surface area contributed by atoms with Crippen LogP contribution < -0.4 is 16.4 Å². The second kappa shape index (κ2) is 10.6. The Morgan fingerprint density at radius 3 is 2.71 bits per heavy atom. The number of ether oxygens (including phenoxy) is 1. The van der Waals surface area contributed by atoms with E-state index in [4.69, 9.17) is 10.5 Å². The first-order chi connectivity index (χ1) is 16.7. The molecule has 13 heteroatoms. The second-order valence-electron chi connectivity index (χ2n) is 7.80. The van der Waals surface area contributed by atoms with Crippen LogP contribution in [0.25, 0.3) is 5.57 Å². The molecule has 1 saturated heterocycles. The van der Waals surface area contributed by atoms with Crippen LogP contribution in [0, 0.1) is 0 Å². The lowest BCUT2D eigenvalue weighted by Crippen LogP contribution is -2.38. The first-order valence-electron chi connectivity index (χ1n) is 10.8. The number of alkyl halides is 3. The molecule has 1 aromatic carbocycles. The van der Waals surface area contributed by atoms with E-state index in [0.717, 1.165) is 44.0 Å². The monoisotopic (exact) mass is 508 g/mol. The zero-order chi connectivity index (χ0) is 25.0. The van der Waals surface area contributed by atoms with Gasteiger partial charge in [-0.2, -0.15) is 13.2 Å². The number of halogens is 3. The SMILES string of the molecule is NC(=O)/C(=C1\Nc2cccc(C(=O)NCCCN3CCOCC3)c2S1)c1nccc(C(F)(F)F)n1. The predicted octanol–water partition coefficient (Wildman–Crippen LogP) is 2.32. The van der Waals surface area contributed by atoms with E-state index in [9.17, 15) is 22.8 Å². The van der Waals surface area contributed by atoms with Gasteiger partial charge in [-0.25, -0.2) is 9.97 Å². The number of rotatable bonds is 7. The van der Waals surface area contributed by atoms with Gasteiger partial charge in [-0.3, -0.25) is 14.5 Å². The third-order valence-corrected chi connectivity index (χ3v) is 6.55. The Bertz CT molecular complexity index is 1150. The Morgan fingerprint density at radius 2 is 2.00 bits per heavy atom. The van der Waals surface area contributed by atoms with Crippen molar-refractivity contribution in [3.05, 3.63) is 52.6 Å². The maximum atomic E-state index is 13.1. The maximum Gasteiger partial charge on any atom is 0.433 e. The van der Waals surface area contributed by atoms with Crippen molar-refractivity contribution < 1.29 is 27.5 Å². The largest absolute Gasteiger partial charge is 0.433 e. The van der Waals surface area contributed by atoms with Gasteiger partial charge in [-0.15, -0.1) is 0 Å². The van der Waals surface area contributed by atoms with Crippen LogP contribution in [0.2, 0.25) is 0 Å². The number of hydrogen-bond donors (Lipinski definition) is 3. The molecule has 9 nitrogen and oxygen atoms in total. The number of carbonyl (C=O) groups excluding carboxylic acids is 2. The molecule has 2 amide bonds. The number of nitrogens with one attached hydrogen (secondary N) is 2. The average Bonchev–Trinajstić information content (AvgIpc) is 3.25. The van der Waals surface area contributed by atoms with Crippen LogP contribution in [0.3, 0.4) is 0 Å². The first kappa shape index (κ1) is 24.9. The number of nitrogens with zero attached hydrogens (tertiary/aromatic N) is 3.